The average molecular weight is 212 g/mol. The molecule has 3 nitrogen and oxygen atoms in total. The minimum Gasteiger partial charge on any atom is -0.374 e. The van der Waals surface area contributed by atoms with E-state index in [1.807, 2.05) is 0 Å². The maximum atomic E-state index is 5.90. The fraction of sp³-hybridized carbons (Fsp3) is 1.00. The first-order valence-electron chi connectivity index (χ1n) is 6.28. The summed E-state index contributed by atoms with van der Waals surface area (Å²) >= 11 is 0. The van der Waals surface area contributed by atoms with E-state index < -0.39 is 0 Å². The van der Waals surface area contributed by atoms with Crippen LogP contribution in [0.3, 0.4) is 0 Å². The number of ether oxygens (including phenoxy) is 1. The summed E-state index contributed by atoms with van der Waals surface area (Å²) < 4.78 is 5.90. The van der Waals surface area contributed by atoms with Gasteiger partial charge >= 0.3 is 0 Å². The van der Waals surface area contributed by atoms with Crippen molar-refractivity contribution in [2.75, 3.05) is 19.6 Å². The lowest BCUT2D eigenvalue weighted by Gasteiger charge is -2.40. The average Bonchev–Trinajstić information content (AvgIpc) is 2.58. The van der Waals surface area contributed by atoms with Gasteiger partial charge in [-0.3, -0.25) is 4.90 Å². The van der Waals surface area contributed by atoms with Gasteiger partial charge in [-0.1, -0.05) is 0 Å². The first-order chi connectivity index (χ1) is 7.16. The summed E-state index contributed by atoms with van der Waals surface area (Å²) in [6.07, 6.45) is 3.43. The molecular formula is C12H24N2O. The Morgan fingerprint density at radius 2 is 1.80 bits per heavy atom. The summed E-state index contributed by atoms with van der Waals surface area (Å²) in [5, 5.41) is 3.47. The summed E-state index contributed by atoms with van der Waals surface area (Å²) in [4.78, 5) is 2.60. The lowest BCUT2D eigenvalue weighted by atomic mass is 10.1. The van der Waals surface area contributed by atoms with E-state index in [0.29, 0.717) is 24.3 Å². The van der Waals surface area contributed by atoms with Gasteiger partial charge in [0.15, 0.2) is 0 Å². The fourth-order valence-corrected chi connectivity index (χ4v) is 2.78. The first-order valence-corrected chi connectivity index (χ1v) is 6.28. The summed E-state index contributed by atoms with van der Waals surface area (Å²) in [5.74, 6) is 0. The van der Waals surface area contributed by atoms with Crippen molar-refractivity contribution in [1.29, 1.82) is 0 Å². The van der Waals surface area contributed by atoms with Gasteiger partial charge in [0, 0.05) is 31.7 Å². The predicted octanol–water partition coefficient (Wildman–Crippen LogP) is 1.24. The lowest BCUT2D eigenvalue weighted by molar-refractivity contribution is 0.00474. The molecule has 0 aromatic carbocycles. The van der Waals surface area contributed by atoms with Gasteiger partial charge < -0.3 is 10.1 Å². The Morgan fingerprint density at radius 1 is 1.13 bits per heavy atom. The Balaban J connectivity index is 1.86. The van der Waals surface area contributed by atoms with E-state index in [1.54, 1.807) is 0 Å². The molecule has 1 N–H and O–H groups in total. The van der Waals surface area contributed by atoms with Crippen LogP contribution < -0.4 is 5.32 Å². The maximum absolute atomic E-state index is 5.90. The SMILES string of the molecule is CC1CCC(CN2C(C)CNCC2C)O1. The summed E-state index contributed by atoms with van der Waals surface area (Å²) in [7, 11) is 0. The van der Waals surface area contributed by atoms with Gasteiger partial charge in [-0.25, -0.2) is 0 Å². The zero-order valence-electron chi connectivity index (χ0n) is 10.2. The van der Waals surface area contributed by atoms with E-state index in [0.717, 1.165) is 19.6 Å². The molecule has 0 amide bonds. The van der Waals surface area contributed by atoms with Crippen LogP contribution in [-0.4, -0.2) is 48.8 Å². The molecule has 15 heavy (non-hydrogen) atoms. The largest absolute Gasteiger partial charge is 0.374 e. The van der Waals surface area contributed by atoms with Gasteiger partial charge in [0.25, 0.3) is 0 Å². The van der Waals surface area contributed by atoms with Gasteiger partial charge in [0.1, 0.15) is 0 Å². The van der Waals surface area contributed by atoms with Crippen molar-refractivity contribution >= 4 is 0 Å². The molecule has 0 bridgehead atoms. The molecular weight excluding hydrogens is 188 g/mol. The molecule has 2 heterocycles. The monoisotopic (exact) mass is 212 g/mol. The smallest absolute Gasteiger partial charge is 0.0706 e. The molecule has 0 aliphatic carbocycles. The van der Waals surface area contributed by atoms with Gasteiger partial charge in [-0.15, -0.1) is 0 Å². The summed E-state index contributed by atoms with van der Waals surface area (Å²) in [6, 6.07) is 1.29. The van der Waals surface area contributed by atoms with Crippen molar-refractivity contribution in [1.82, 2.24) is 10.2 Å². The minimum atomic E-state index is 0.475. The Morgan fingerprint density at radius 3 is 2.33 bits per heavy atom. The molecule has 0 radical (unpaired) electrons. The van der Waals surface area contributed by atoms with Crippen molar-refractivity contribution in [3.05, 3.63) is 0 Å². The molecule has 88 valence electrons. The van der Waals surface area contributed by atoms with E-state index in [9.17, 15) is 0 Å². The standard InChI is InChI=1S/C12H24N2O/c1-9-6-13-7-10(2)14(9)8-12-5-4-11(3)15-12/h9-13H,4-8H2,1-3H3. The first kappa shape index (κ1) is 11.4. The Kier molecular flexibility index (Phi) is 3.65. The Hall–Kier alpha value is -0.120. The lowest BCUT2D eigenvalue weighted by Crippen LogP contribution is -2.56. The van der Waals surface area contributed by atoms with Gasteiger partial charge in [0.05, 0.1) is 12.2 Å². The van der Waals surface area contributed by atoms with Crippen LogP contribution in [0, 0.1) is 0 Å². The predicted molar refractivity (Wildman–Crippen MR) is 62.1 cm³/mol. The fourth-order valence-electron chi connectivity index (χ4n) is 2.78. The van der Waals surface area contributed by atoms with Crippen LogP contribution in [0.4, 0.5) is 0 Å². The molecule has 2 fully saturated rings. The number of hydrogen-bond acceptors (Lipinski definition) is 3. The molecule has 0 spiro atoms. The molecule has 0 aromatic heterocycles. The normalized spacial score (nSPS) is 43.4. The van der Waals surface area contributed by atoms with Crippen LogP contribution in [0.1, 0.15) is 33.6 Å². The van der Waals surface area contributed by atoms with Crippen LogP contribution in [0.15, 0.2) is 0 Å². The van der Waals surface area contributed by atoms with Crippen LogP contribution in [-0.2, 0) is 4.74 Å². The minimum absolute atomic E-state index is 0.475. The topological polar surface area (TPSA) is 24.5 Å². The zero-order valence-corrected chi connectivity index (χ0v) is 10.2. The third-order valence-corrected chi connectivity index (χ3v) is 3.75. The van der Waals surface area contributed by atoms with Crippen molar-refractivity contribution in [2.24, 2.45) is 0 Å². The van der Waals surface area contributed by atoms with Gasteiger partial charge in [-0.2, -0.15) is 0 Å². The second-order valence-electron chi connectivity index (χ2n) is 5.20. The van der Waals surface area contributed by atoms with Crippen LogP contribution in [0.2, 0.25) is 0 Å². The third-order valence-electron chi connectivity index (χ3n) is 3.75. The van der Waals surface area contributed by atoms with E-state index in [-0.39, 0.29) is 0 Å². The highest BCUT2D eigenvalue weighted by Gasteiger charge is 2.30. The van der Waals surface area contributed by atoms with Crippen molar-refractivity contribution in [2.45, 2.75) is 57.9 Å². The van der Waals surface area contributed by atoms with E-state index >= 15 is 0 Å². The third kappa shape index (κ3) is 2.71. The summed E-state index contributed by atoms with van der Waals surface area (Å²) in [5.41, 5.74) is 0. The van der Waals surface area contributed by atoms with Gasteiger partial charge in [0.2, 0.25) is 0 Å². The number of nitrogens with zero attached hydrogens (tertiary/aromatic N) is 1. The Labute approximate surface area is 93.2 Å². The van der Waals surface area contributed by atoms with Gasteiger partial charge in [-0.05, 0) is 33.6 Å². The quantitative estimate of drug-likeness (QED) is 0.745. The van der Waals surface area contributed by atoms with E-state index in [1.165, 1.54) is 12.8 Å². The van der Waals surface area contributed by atoms with Crippen LogP contribution in [0.5, 0.6) is 0 Å². The molecule has 2 aliphatic rings. The van der Waals surface area contributed by atoms with Crippen molar-refractivity contribution < 1.29 is 4.74 Å². The number of hydrogen-bond donors (Lipinski definition) is 1. The molecule has 0 saturated carbocycles. The molecule has 4 unspecified atom stereocenters. The molecule has 0 aromatic rings. The molecule has 3 heteroatoms. The van der Waals surface area contributed by atoms with Crippen LogP contribution in [0.25, 0.3) is 0 Å². The zero-order chi connectivity index (χ0) is 10.8. The summed E-state index contributed by atoms with van der Waals surface area (Å²) in [6.45, 7) is 10.2. The maximum Gasteiger partial charge on any atom is 0.0706 e. The molecule has 2 aliphatic heterocycles. The highest BCUT2D eigenvalue weighted by Crippen LogP contribution is 2.22. The second-order valence-corrected chi connectivity index (χ2v) is 5.20. The van der Waals surface area contributed by atoms with E-state index in [4.69, 9.17) is 4.74 Å². The second kappa shape index (κ2) is 4.81. The molecule has 2 saturated heterocycles. The van der Waals surface area contributed by atoms with Crippen molar-refractivity contribution in [3.8, 4) is 0 Å². The molecule has 2 rings (SSSR count). The number of piperazine rings is 1. The molecule has 4 atom stereocenters. The highest BCUT2D eigenvalue weighted by molar-refractivity contribution is 4.85. The Bertz CT molecular complexity index is 200. The van der Waals surface area contributed by atoms with E-state index in [2.05, 4.69) is 31.0 Å². The highest BCUT2D eigenvalue weighted by atomic mass is 16.5. The number of rotatable bonds is 2. The van der Waals surface area contributed by atoms with Crippen molar-refractivity contribution in [3.63, 3.8) is 0 Å². The van der Waals surface area contributed by atoms with Crippen LogP contribution >= 0.6 is 0 Å². The number of nitrogens with one attached hydrogen (secondary N) is 1.